The number of benzene rings is 2. The lowest BCUT2D eigenvalue weighted by Crippen LogP contribution is -2.53. The summed E-state index contributed by atoms with van der Waals surface area (Å²) in [5.41, 5.74) is 1.85. The molecule has 4 rings (SSSR count). The van der Waals surface area contributed by atoms with Gasteiger partial charge in [0.05, 0.1) is 12.1 Å². The van der Waals surface area contributed by atoms with Gasteiger partial charge in [-0.3, -0.25) is 0 Å². The number of ether oxygens (including phenoxy) is 2. The van der Waals surface area contributed by atoms with Crippen molar-refractivity contribution in [2.45, 2.75) is 31.7 Å². The Morgan fingerprint density at radius 3 is 1.55 bits per heavy atom. The molecule has 2 bridgehead atoms. The molecule has 0 radical (unpaired) electrons. The van der Waals surface area contributed by atoms with Gasteiger partial charge in [-0.2, -0.15) is 0 Å². The Kier molecular flexibility index (Phi) is 5.79. The number of fused-ring (bicyclic) bond motifs is 2. The Bertz CT molecular complexity index is 797. The summed E-state index contributed by atoms with van der Waals surface area (Å²) in [7, 11) is 0. The largest absolute Gasteiger partial charge is 0.445 e. The summed E-state index contributed by atoms with van der Waals surface area (Å²) in [6.07, 6.45) is 4.13. The first-order valence-corrected chi connectivity index (χ1v) is 9.82. The lowest BCUT2D eigenvalue weighted by Gasteiger charge is -2.29. The molecular weight excluding hydrogens is 368 g/mol. The number of hydrogen-bond acceptors (Lipinski definition) is 4. The molecule has 2 amide bonds. The number of amides is 2. The van der Waals surface area contributed by atoms with Crippen LogP contribution in [0.2, 0.25) is 0 Å². The smallest absolute Gasteiger partial charge is 0.407 e. The highest BCUT2D eigenvalue weighted by molar-refractivity contribution is 5.70. The Morgan fingerprint density at radius 1 is 0.724 bits per heavy atom. The van der Waals surface area contributed by atoms with Gasteiger partial charge in [-0.15, -0.1) is 0 Å². The maximum absolute atomic E-state index is 12.3. The van der Waals surface area contributed by atoms with Crippen molar-refractivity contribution in [1.82, 2.24) is 10.6 Å². The molecule has 6 heteroatoms. The number of carbonyl (C=O) groups is 2. The molecule has 6 nitrogen and oxygen atoms in total. The zero-order chi connectivity index (χ0) is 20.1. The molecule has 2 N–H and O–H groups in total. The molecule has 2 aliphatic rings. The quantitative estimate of drug-likeness (QED) is 0.734. The normalized spacial score (nSPS) is 24.1. The van der Waals surface area contributed by atoms with E-state index in [1.54, 1.807) is 0 Å². The molecule has 4 atom stereocenters. The standard InChI is InChI=1S/C23H24N2O4/c26-22(28-14-16-7-3-1-4-8-16)24-20-18-11-12-19(13-18)21(20)25-23(27)29-15-17-9-5-2-6-10-17/h1-12,18-21H,13-15H2,(H,24,26)(H,25,27). The lowest BCUT2D eigenvalue weighted by atomic mass is 9.96. The number of hydrogen-bond donors (Lipinski definition) is 2. The Balaban J connectivity index is 1.29. The lowest BCUT2D eigenvalue weighted by molar-refractivity contribution is 0.122. The van der Waals surface area contributed by atoms with Crippen molar-refractivity contribution in [3.05, 3.63) is 83.9 Å². The van der Waals surface area contributed by atoms with Gasteiger partial charge >= 0.3 is 12.2 Å². The van der Waals surface area contributed by atoms with Gasteiger partial charge in [0.1, 0.15) is 13.2 Å². The van der Waals surface area contributed by atoms with Gasteiger partial charge in [0.25, 0.3) is 0 Å². The highest BCUT2D eigenvalue weighted by Crippen LogP contribution is 2.39. The molecule has 2 aromatic carbocycles. The third-order valence-corrected chi connectivity index (χ3v) is 5.45. The predicted octanol–water partition coefficient (Wildman–Crippen LogP) is 3.78. The molecular formula is C23H24N2O4. The summed E-state index contributed by atoms with van der Waals surface area (Å²) >= 11 is 0. The average Bonchev–Trinajstić information content (AvgIpc) is 3.35. The molecule has 2 aliphatic carbocycles. The minimum Gasteiger partial charge on any atom is -0.445 e. The van der Waals surface area contributed by atoms with Gasteiger partial charge in [-0.05, 0) is 29.4 Å². The molecule has 0 heterocycles. The van der Waals surface area contributed by atoms with E-state index in [2.05, 4.69) is 22.8 Å². The third-order valence-electron chi connectivity index (χ3n) is 5.45. The molecule has 0 spiro atoms. The van der Waals surface area contributed by atoms with Crippen LogP contribution in [0.5, 0.6) is 0 Å². The van der Waals surface area contributed by atoms with E-state index in [0.29, 0.717) is 0 Å². The second-order valence-corrected chi connectivity index (χ2v) is 7.41. The summed E-state index contributed by atoms with van der Waals surface area (Å²) in [5.74, 6) is 0.368. The molecule has 0 saturated heterocycles. The van der Waals surface area contributed by atoms with Gasteiger partial charge < -0.3 is 20.1 Å². The Hall–Kier alpha value is -3.28. The first-order chi connectivity index (χ1) is 14.2. The first-order valence-electron chi connectivity index (χ1n) is 9.82. The van der Waals surface area contributed by atoms with E-state index in [9.17, 15) is 9.59 Å². The van der Waals surface area contributed by atoms with Crippen molar-refractivity contribution in [2.75, 3.05) is 0 Å². The zero-order valence-electron chi connectivity index (χ0n) is 16.0. The zero-order valence-corrected chi connectivity index (χ0v) is 16.0. The van der Waals surface area contributed by atoms with Crippen LogP contribution in [-0.4, -0.2) is 24.3 Å². The van der Waals surface area contributed by atoms with Crippen LogP contribution in [0, 0.1) is 11.8 Å². The molecule has 2 aromatic rings. The summed E-state index contributed by atoms with van der Waals surface area (Å²) in [5, 5.41) is 5.85. The van der Waals surface area contributed by atoms with E-state index < -0.39 is 12.2 Å². The van der Waals surface area contributed by atoms with Gasteiger partial charge in [0.2, 0.25) is 0 Å². The summed E-state index contributed by atoms with van der Waals surface area (Å²) in [6.45, 7) is 0.418. The van der Waals surface area contributed by atoms with Crippen molar-refractivity contribution < 1.29 is 19.1 Å². The van der Waals surface area contributed by atoms with Crippen molar-refractivity contribution in [1.29, 1.82) is 0 Å². The maximum atomic E-state index is 12.3. The van der Waals surface area contributed by atoms with Crippen molar-refractivity contribution >= 4 is 12.2 Å². The topological polar surface area (TPSA) is 76.7 Å². The van der Waals surface area contributed by atoms with Crippen molar-refractivity contribution in [3.63, 3.8) is 0 Å². The Morgan fingerprint density at radius 2 is 1.14 bits per heavy atom. The van der Waals surface area contributed by atoms with E-state index >= 15 is 0 Å². The molecule has 4 unspecified atom stereocenters. The van der Waals surface area contributed by atoms with E-state index in [-0.39, 0.29) is 37.1 Å². The minimum atomic E-state index is -0.482. The SMILES string of the molecule is O=C(NC1C2C=CC(C2)C1NC(=O)OCc1ccccc1)OCc1ccccc1. The average molecular weight is 392 g/mol. The second-order valence-electron chi connectivity index (χ2n) is 7.41. The molecule has 1 fully saturated rings. The maximum Gasteiger partial charge on any atom is 0.407 e. The molecule has 29 heavy (non-hydrogen) atoms. The van der Waals surface area contributed by atoms with Gasteiger partial charge in [0, 0.05) is 0 Å². The fourth-order valence-electron chi connectivity index (χ4n) is 4.02. The molecule has 0 aromatic heterocycles. The number of rotatable bonds is 6. The summed E-state index contributed by atoms with van der Waals surface area (Å²) in [6, 6.07) is 18.6. The summed E-state index contributed by atoms with van der Waals surface area (Å²) < 4.78 is 10.7. The highest BCUT2D eigenvalue weighted by atomic mass is 16.6. The molecule has 150 valence electrons. The van der Waals surface area contributed by atoms with E-state index in [0.717, 1.165) is 17.5 Å². The van der Waals surface area contributed by atoms with Crippen LogP contribution in [0.3, 0.4) is 0 Å². The Labute approximate surface area is 169 Å². The van der Waals surface area contributed by atoms with Crippen LogP contribution in [-0.2, 0) is 22.7 Å². The summed E-state index contributed by atoms with van der Waals surface area (Å²) in [4.78, 5) is 24.6. The minimum absolute atomic E-state index is 0.184. The third kappa shape index (κ3) is 4.77. The van der Waals surface area contributed by atoms with Gasteiger partial charge in [-0.1, -0.05) is 72.8 Å². The van der Waals surface area contributed by atoms with Crippen molar-refractivity contribution in [2.24, 2.45) is 11.8 Å². The fraction of sp³-hybridized carbons (Fsp3) is 0.304. The monoisotopic (exact) mass is 392 g/mol. The van der Waals surface area contributed by atoms with Crippen molar-refractivity contribution in [3.8, 4) is 0 Å². The van der Waals surface area contributed by atoms with Gasteiger partial charge in [0.15, 0.2) is 0 Å². The van der Waals surface area contributed by atoms with Crippen LogP contribution >= 0.6 is 0 Å². The van der Waals surface area contributed by atoms with Crippen LogP contribution in [0.25, 0.3) is 0 Å². The van der Waals surface area contributed by atoms with E-state index in [1.807, 2.05) is 60.7 Å². The second kappa shape index (κ2) is 8.82. The highest BCUT2D eigenvalue weighted by Gasteiger charge is 2.46. The number of nitrogens with one attached hydrogen (secondary N) is 2. The van der Waals surface area contributed by atoms with Crippen LogP contribution in [0.15, 0.2) is 72.8 Å². The fourth-order valence-corrected chi connectivity index (χ4v) is 4.02. The number of carbonyl (C=O) groups excluding carboxylic acids is 2. The van der Waals surface area contributed by atoms with Gasteiger partial charge in [-0.25, -0.2) is 9.59 Å². The molecule has 1 saturated carbocycles. The van der Waals surface area contributed by atoms with Crippen LogP contribution in [0.1, 0.15) is 17.5 Å². The van der Waals surface area contributed by atoms with E-state index in [4.69, 9.17) is 9.47 Å². The predicted molar refractivity (Wildman–Crippen MR) is 108 cm³/mol. The van der Waals surface area contributed by atoms with E-state index in [1.165, 1.54) is 0 Å². The first kappa shape index (κ1) is 19.1. The van der Waals surface area contributed by atoms with Crippen LogP contribution < -0.4 is 10.6 Å². The van der Waals surface area contributed by atoms with Crippen LogP contribution in [0.4, 0.5) is 9.59 Å². The molecule has 0 aliphatic heterocycles. The number of alkyl carbamates (subject to hydrolysis) is 2.